The Labute approximate surface area is 142 Å². The van der Waals surface area contributed by atoms with E-state index in [2.05, 4.69) is 53.2 Å². The summed E-state index contributed by atoms with van der Waals surface area (Å²) < 4.78 is 16.6. The molecule has 1 unspecified atom stereocenters. The van der Waals surface area contributed by atoms with Gasteiger partial charge < -0.3 is 0 Å². The molecule has 0 aliphatic rings. The molecule has 2 aromatic rings. The third-order valence-electron chi connectivity index (χ3n) is 2.97. The highest BCUT2D eigenvalue weighted by Gasteiger charge is 2.16. The number of benzene rings is 2. The van der Waals surface area contributed by atoms with Gasteiger partial charge in [-0.1, -0.05) is 53.9 Å². The van der Waals surface area contributed by atoms with Gasteiger partial charge in [0, 0.05) is 13.4 Å². The molecule has 6 heteroatoms. The van der Waals surface area contributed by atoms with Crippen molar-refractivity contribution in [3.8, 4) is 0 Å². The molecule has 0 spiro atoms. The van der Waals surface area contributed by atoms with E-state index >= 15 is 0 Å². The van der Waals surface area contributed by atoms with Crippen LogP contribution in [0.5, 0.6) is 0 Å². The number of rotatable bonds is 4. The summed E-state index contributed by atoms with van der Waals surface area (Å²) in [5.41, 5.74) is 4.34. The molecule has 2 nitrogen and oxygen atoms in total. The number of halogens is 4. The molecular formula is C14H12Br3FN2. The Morgan fingerprint density at radius 3 is 2.35 bits per heavy atom. The highest BCUT2D eigenvalue weighted by Crippen LogP contribution is 2.29. The minimum absolute atomic E-state index is 0.179. The van der Waals surface area contributed by atoms with Crippen LogP contribution in [0.25, 0.3) is 0 Å². The van der Waals surface area contributed by atoms with E-state index in [-0.39, 0.29) is 11.9 Å². The Morgan fingerprint density at radius 2 is 1.70 bits per heavy atom. The Kier molecular flexibility index (Phi) is 5.74. The standard InChI is InChI=1S/C14H12Br3FN2/c15-9-2-4-13(18)8(5-9)6-14(20-19)11-3-1-10(16)7-12(11)17/h1-5,7,14,20H,6,19H2. The third-order valence-corrected chi connectivity index (χ3v) is 4.64. The van der Waals surface area contributed by atoms with Crippen molar-refractivity contribution in [2.24, 2.45) is 5.84 Å². The molecule has 0 bridgehead atoms. The summed E-state index contributed by atoms with van der Waals surface area (Å²) in [4.78, 5) is 0. The Morgan fingerprint density at radius 1 is 1.05 bits per heavy atom. The number of nitrogens with two attached hydrogens (primary N) is 1. The summed E-state index contributed by atoms with van der Waals surface area (Å²) in [6.45, 7) is 0. The van der Waals surface area contributed by atoms with Gasteiger partial charge in [-0.15, -0.1) is 0 Å². The van der Waals surface area contributed by atoms with E-state index in [0.717, 1.165) is 19.0 Å². The molecule has 0 radical (unpaired) electrons. The van der Waals surface area contributed by atoms with Crippen molar-refractivity contribution in [1.82, 2.24) is 5.43 Å². The average Bonchev–Trinajstić information content (AvgIpc) is 2.40. The highest BCUT2D eigenvalue weighted by molar-refractivity contribution is 9.11. The van der Waals surface area contributed by atoms with Gasteiger partial charge in [0.1, 0.15) is 5.82 Å². The Hall–Kier alpha value is -0.270. The number of nitrogens with one attached hydrogen (secondary N) is 1. The van der Waals surface area contributed by atoms with Crippen molar-refractivity contribution in [2.45, 2.75) is 12.5 Å². The van der Waals surface area contributed by atoms with Crippen molar-refractivity contribution >= 4 is 47.8 Å². The zero-order valence-corrected chi connectivity index (χ0v) is 15.1. The lowest BCUT2D eigenvalue weighted by atomic mass is 9.99. The smallest absolute Gasteiger partial charge is 0.126 e. The molecule has 0 heterocycles. The van der Waals surface area contributed by atoms with Crippen LogP contribution in [-0.4, -0.2) is 0 Å². The van der Waals surface area contributed by atoms with E-state index in [1.807, 2.05) is 18.2 Å². The van der Waals surface area contributed by atoms with Gasteiger partial charge in [0.15, 0.2) is 0 Å². The van der Waals surface area contributed by atoms with Crippen LogP contribution < -0.4 is 11.3 Å². The van der Waals surface area contributed by atoms with Crippen LogP contribution in [0.1, 0.15) is 17.2 Å². The molecule has 2 aromatic carbocycles. The SMILES string of the molecule is NNC(Cc1cc(Br)ccc1F)c1ccc(Br)cc1Br. The average molecular weight is 467 g/mol. The summed E-state index contributed by atoms with van der Waals surface area (Å²) in [5.74, 6) is 5.40. The summed E-state index contributed by atoms with van der Waals surface area (Å²) in [6.07, 6.45) is 0.460. The first-order valence-electron chi connectivity index (χ1n) is 5.86. The lowest BCUT2D eigenvalue weighted by Crippen LogP contribution is -2.30. The number of hydrogen-bond acceptors (Lipinski definition) is 2. The molecule has 0 aromatic heterocycles. The van der Waals surface area contributed by atoms with Gasteiger partial charge in [-0.25, -0.2) is 4.39 Å². The lowest BCUT2D eigenvalue weighted by molar-refractivity contribution is 0.527. The zero-order valence-electron chi connectivity index (χ0n) is 10.3. The van der Waals surface area contributed by atoms with E-state index in [1.54, 1.807) is 12.1 Å². The molecule has 2 rings (SSSR count). The molecule has 1 atom stereocenters. The van der Waals surface area contributed by atoms with E-state index in [4.69, 9.17) is 5.84 Å². The van der Waals surface area contributed by atoms with Gasteiger partial charge >= 0.3 is 0 Å². The van der Waals surface area contributed by atoms with E-state index in [1.165, 1.54) is 6.07 Å². The highest BCUT2D eigenvalue weighted by atomic mass is 79.9. The molecular weight excluding hydrogens is 455 g/mol. The normalized spacial score (nSPS) is 12.4. The molecule has 0 saturated carbocycles. The van der Waals surface area contributed by atoms with Crippen LogP contribution in [0.15, 0.2) is 49.8 Å². The van der Waals surface area contributed by atoms with Crippen LogP contribution in [0, 0.1) is 5.82 Å². The summed E-state index contributed by atoms with van der Waals surface area (Å²) in [6, 6.07) is 10.5. The molecule has 0 saturated heterocycles. The van der Waals surface area contributed by atoms with Gasteiger partial charge in [-0.05, 0) is 47.9 Å². The molecule has 20 heavy (non-hydrogen) atoms. The van der Waals surface area contributed by atoms with Crippen LogP contribution in [0.4, 0.5) is 4.39 Å². The van der Waals surface area contributed by atoms with Crippen LogP contribution in [0.2, 0.25) is 0 Å². The van der Waals surface area contributed by atoms with Gasteiger partial charge in [-0.2, -0.15) is 0 Å². The minimum Gasteiger partial charge on any atom is -0.271 e. The first-order chi connectivity index (χ1) is 9.51. The second kappa shape index (κ2) is 7.13. The van der Waals surface area contributed by atoms with E-state index in [9.17, 15) is 4.39 Å². The molecule has 106 valence electrons. The monoisotopic (exact) mass is 464 g/mol. The zero-order chi connectivity index (χ0) is 14.7. The quantitative estimate of drug-likeness (QED) is 0.499. The third kappa shape index (κ3) is 3.89. The summed E-state index contributed by atoms with van der Waals surface area (Å²) in [5, 5.41) is 0. The molecule has 0 fully saturated rings. The first-order valence-corrected chi connectivity index (χ1v) is 8.24. The van der Waals surface area contributed by atoms with Crippen LogP contribution in [-0.2, 0) is 6.42 Å². The minimum atomic E-state index is -0.235. The van der Waals surface area contributed by atoms with Gasteiger partial charge in [0.25, 0.3) is 0 Å². The fraction of sp³-hybridized carbons (Fsp3) is 0.143. The summed E-state index contributed by atoms with van der Waals surface area (Å²) in [7, 11) is 0. The maximum Gasteiger partial charge on any atom is 0.126 e. The molecule has 3 N–H and O–H groups in total. The predicted molar refractivity (Wildman–Crippen MR) is 89.7 cm³/mol. The van der Waals surface area contributed by atoms with Crippen molar-refractivity contribution in [3.05, 3.63) is 66.8 Å². The Balaban J connectivity index is 2.31. The maximum absolute atomic E-state index is 13.8. The largest absolute Gasteiger partial charge is 0.271 e. The predicted octanol–water partition coefficient (Wildman–Crippen LogP) is 4.86. The first kappa shape index (κ1) is 16.1. The van der Waals surface area contributed by atoms with Crippen molar-refractivity contribution in [2.75, 3.05) is 0 Å². The van der Waals surface area contributed by atoms with Crippen molar-refractivity contribution in [1.29, 1.82) is 0 Å². The number of hydrogen-bond donors (Lipinski definition) is 2. The van der Waals surface area contributed by atoms with Gasteiger partial charge in [-0.3, -0.25) is 11.3 Å². The second-order valence-corrected chi connectivity index (χ2v) is 7.01. The maximum atomic E-state index is 13.8. The van der Waals surface area contributed by atoms with E-state index < -0.39 is 0 Å². The van der Waals surface area contributed by atoms with E-state index in [0.29, 0.717) is 12.0 Å². The number of hydrazine groups is 1. The van der Waals surface area contributed by atoms with Crippen LogP contribution in [0.3, 0.4) is 0 Å². The molecule has 0 aliphatic heterocycles. The molecule has 0 amide bonds. The fourth-order valence-electron chi connectivity index (χ4n) is 1.96. The second-order valence-electron chi connectivity index (χ2n) is 4.32. The Bertz CT molecular complexity index is 619. The van der Waals surface area contributed by atoms with Crippen molar-refractivity contribution in [3.63, 3.8) is 0 Å². The van der Waals surface area contributed by atoms with Crippen molar-refractivity contribution < 1.29 is 4.39 Å². The summed E-state index contributed by atoms with van der Waals surface area (Å²) >= 11 is 10.3. The van der Waals surface area contributed by atoms with Gasteiger partial charge in [0.05, 0.1) is 6.04 Å². The lowest BCUT2D eigenvalue weighted by Gasteiger charge is -2.18. The van der Waals surface area contributed by atoms with Crippen LogP contribution >= 0.6 is 47.8 Å². The van der Waals surface area contributed by atoms with Gasteiger partial charge in [0.2, 0.25) is 0 Å². The topological polar surface area (TPSA) is 38.0 Å². The fourth-order valence-corrected chi connectivity index (χ4v) is 3.69. The molecule has 0 aliphatic carbocycles.